The zero-order valence-electron chi connectivity index (χ0n) is 14.3. The van der Waals surface area contributed by atoms with Gasteiger partial charge in [-0.1, -0.05) is 27.7 Å². The summed E-state index contributed by atoms with van der Waals surface area (Å²) in [6, 6.07) is 1.98. The average molecular weight is 319 g/mol. The number of rotatable bonds is 4. The van der Waals surface area contributed by atoms with E-state index in [0.717, 1.165) is 35.6 Å². The van der Waals surface area contributed by atoms with Gasteiger partial charge in [-0.15, -0.1) is 11.3 Å². The first kappa shape index (κ1) is 16.7. The first-order valence-corrected chi connectivity index (χ1v) is 8.62. The number of nitrogens with zero attached hydrogens (tertiary/aromatic N) is 2. The monoisotopic (exact) mass is 319 g/mol. The molecule has 0 aliphatic heterocycles. The van der Waals surface area contributed by atoms with Crippen molar-refractivity contribution < 1.29 is 4.79 Å². The molecule has 0 aliphatic rings. The molecule has 0 aromatic carbocycles. The molecule has 2 aromatic heterocycles. The highest BCUT2D eigenvalue weighted by Crippen LogP contribution is 2.26. The summed E-state index contributed by atoms with van der Waals surface area (Å²) >= 11 is 1.63. The molecular formula is C17H25N3OS. The van der Waals surface area contributed by atoms with Crippen molar-refractivity contribution in [3.8, 4) is 0 Å². The van der Waals surface area contributed by atoms with Crippen LogP contribution in [0.1, 0.15) is 61.1 Å². The van der Waals surface area contributed by atoms with Crippen LogP contribution in [0, 0.1) is 6.92 Å². The molecule has 0 radical (unpaired) electrons. The van der Waals surface area contributed by atoms with Crippen LogP contribution in [0.2, 0.25) is 0 Å². The number of aromatic nitrogens is 2. The molecule has 0 fully saturated rings. The van der Waals surface area contributed by atoms with Gasteiger partial charge in [0.25, 0.3) is 5.91 Å². The molecule has 0 saturated heterocycles. The Morgan fingerprint density at radius 3 is 2.59 bits per heavy atom. The van der Waals surface area contributed by atoms with Gasteiger partial charge >= 0.3 is 0 Å². The van der Waals surface area contributed by atoms with Crippen molar-refractivity contribution in [3.63, 3.8) is 0 Å². The smallest absolute Gasteiger partial charge is 0.257 e. The largest absolute Gasteiger partial charge is 0.307 e. The molecule has 0 bridgehead atoms. The van der Waals surface area contributed by atoms with Gasteiger partial charge in [0.05, 0.1) is 11.3 Å². The van der Waals surface area contributed by atoms with Gasteiger partial charge in [0.15, 0.2) is 0 Å². The van der Waals surface area contributed by atoms with Crippen molar-refractivity contribution in [2.24, 2.45) is 0 Å². The minimum Gasteiger partial charge on any atom is -0.307 e. The van der Waals surface area contributed by atoms with E-state index in [9.17, 15) is 4.79 Å². The number of thiophene rings is 1. The highest BCUT2D eigenvalue weighted by atomic mass is 32.1. The highest BCUT2D eigenvalue weighted by Gasteiger charge is 2.21. The summed E-state index contributed by atoms with van der Waals surface area (Å²) in [5.74, 6) is 0.722. The summed E-state index contributed by atoms with van der Waals surface area (Å²) in [6.07, 6.45) is 0.873. The van der Waals surface area contributed by atoms with Gasteiger partial charge in [0.1, 0.15) is 5.82 Å². The van der Waals surface area contributed by atoms with Crippen molar-refractivity contribution in [2.75, 3.05) is 5.32 Å². The number of carbonyl (C=O) groups is 1. The van der Waals surface area contributed by atoms with Crippen molar-refractivity contribution in [2.45, 2.75) is 59.9 Å². The number of aryl methyl sites for hydroxylation is 2. The maximum Gasteiger partial charge on any atom is 0.257 e. The van der Waals surface area contributed by atoms with Crippen LogP contribution in [0.5, 0.6) is 0 Å². The first-order chi connectivity index (χ1) is 10.3. The minimum absolute atomic E-state index is 0.0343. The topological polar surface area (TPSA) is 46.9 Å². The van der Waals surface area contributed by atoms with E-state index in [1.54, 1.807) is 11.3 Å². The maximum absolute atomic E-state index is 12.6. The van der Waals surface area contributed by atoms with E-state index in [4.69, 9.17) is 0 Å². The third-order valence-corrected chi connectivity index (χ3v) is 4.74. The van der Waals surface area contributed by atoms with E-state index >= 15 is 0 Å². The summed E-state index contributed by atoms with van der Waals surface area (Å²) in [4.78, 5) is 13.8. The number of amides is 1. The van der Waals surface area contributed by atoms with Crippen LogP contribution in [0.3, 0.4) is 0 Å². The first-order valence-electron chi connectivity index (χ1n) is 7.74. The molecule has 0 unspecified atom stereocenters. The Labute approximate surface area is 136 Å². The van der Waals surface area contributed by atoms with Crippen LogP contribution in [-0.2, 0) is 18.4 Å². The molecule has 0 saturated carbocycles. The second-order valence-electron chi connectivity index (χ2n) is 6.47. The van der Waals surface area contributed by atoms with Crippen molar-refractivity contribution >= 4 is 23.1 Å². The lowest BCUT2D eigenvalue weighted by Gasteiger charge is -2.13. The van der Waals surface area contributed by atoms with Gasteiger partial charge in [-0.25, -0.2) is 4.68 Å². The van der Waals surface area contributed by atoms with E-state index < -0.39 is 0 Å². The molecule has 0 spiro atoms. The predicted octanol–water partition coefficient (Wildman–Crippen LogP) is 4.39. The number of hydrogen-bond donors (Lipinski definition) is 1. The highest BCUT2D eigenvalue weighted by molar-refractivity contribution is 7.10. The minimum atomic E-state index is -0.0451. The molecule has 2 aromatic rings. The van der Waals surface area contributed by atoms with Crippen molar-refractivity contribution in [3.05, 3.63) is 33.1 Å². The lowest BCUT2D eigenvalue weighted by Crippen LogP contribution is -2.16. The zero-order valence-corrected chi connectivity index (χ0v) is 15.1. The Bertz CT molecular complexity index is 677. The SMILES string of the molecule is CCc1c(C(=O)Nc2cc(C(C)(C)C)nn2CC)csc1C. The second-order valence-corrected chi connectivity index (χ2v) is 7.56. The van der Waals surface area contributed by atoms with Crippen LogP contribution >= 0.6 is 11.3 Å². The molecule has 4 nitrogen and oxygen atoms in total. The van der Waals surface area contributed by atoms with Gasteiger partial charge in [-0.05, 0) is 25.8 Å². The lowest BCUT2D eigenvalue weighted by atomic mass is 9.92. The molecule has 1 amide bonds. The Morgan fingerprint density at radius 2 is 2.05 bits per heavy atom. The number of hydrogen-bond acceptors (Lipinski definition) is 3. The Morgan fingerprint density at radius 1 is 1.36 bits per heavy atom. The van der Waals surface area contributed by atoms with E-state index in [0.29, 0.717) is 0 Å². The summed E-state index contributed by atoms with van der Waals surface area (Å²) < 4.78 is 1.85. The molecule has 2 heterocycles. The van der Waals surface area contributed by atoms with Gasteiger partial charge < -0.3 is 5.32 Å². The zero-order chi connectivity index (χ0) is 16.5. The fourth-order valence-electron chi connectivity index (χ4n) is 2.42. The standard InChI is InChI=1S/C17H25N3OS/c1-7-12-11(3)22-10-13(12)16(21)18-15-9-14(17(4,5)6)19-20(15)8-2/h9-10H,7-8H2,1-6H3,(H,18,21). The molecule has 2 rings (SSSR count). The van der Waals surface area contributed by atoms with Crippen LogP contribution in [0.15, 0.2) is 11.4 Å². The molecular weight excluding hydrogens is 294 g/mol. The Balaban J connectivity index is 2.30. The summed E-state index contributed by atoms with van der Waals surface area (Å²) in [7, 11) is 0. The van der Waals surface area contributed by atoms with Gasteiger partial charge in [0, 0.05) is 28.3 Å². The van der Waals surface area contributed by atoms with Crippen LogP contribution in [0.25, 0.3) is 0 Å². The van der Waals surface area contributed by atoms with Gasteiger partial charge in [-0.2, -0.15) is 5.10 Å². The molecule has 0 atom stereocenters. The van der Waals surface area contributed by atoms with Crippen LogP contribution in [0.4, 0.5) is 5.82 Å². The normalized spacial score (nSPS) is 11.7. The number of carbonyl (C=O) groups excluding carboxylic acids is 1. The molecule has 0 aliphatic carbocycles. The molecule has 22 heavy (non-hydrogen) atoms. The molecule has 120 valence electrons. The van der Waals surface area contributed by atoms with E-state index in [-0.39, 0.29) is 11.3 Å². The van der Waals surface area contributed by atoms with E-state index in [1.807, 2.05) is 23.1 Å². The van der Waals surface area contributed by atoms with Gasteiger partial charge in [0.2, 0.25) is 0 Å². The fourth-order valence-corrected chi connectivity index (χ4v) is 3.36. The third kappa shape index (κ3) is 3.24. The molecule has 1 N–H and O–H groups in total. The summed E-state index contributed by atoms with van der Waals surface area (Å²) in [5.41, 5.74) is 2.88. The summed E-state index contributed by atoms with van der Waals surface area (Å²) in [5, 5.41) is 9.57. The summed E-state index contributed by atoms with van der Waals surface area (Å²) in [6.45, 7) is 13.3. The van der Waals surface area contributed by atoms with E-state index in [2.05, 4.69) is 45.0 Å². The maximum atomic E-state index is 12.6. The third-order valence-electron chi connectivity index (χ3n) is 3.79. The second kappa shape index (κ2) is 6.24. The fraction of sp³-hybridized carbons (Fsp3) is 0.529. The predicted molar refractivity (Wildman–Crippen MR) is 93.0 cm³/mol. The van der Waals surface area contributed by atoms with E-state index in [1.165, 1.54) is 4.88 Å². The number of anilines is 1. The number of nitrogens with one attached hydrogen (secondary N) is 1. The Hall–Kier alpha value is -1.62. The lowest BCUT2D eigenvalue weighted by molar-refractivity contribution is 0.102. The van der Waals surface area contributed by atoms with Gasteiger partial charge in [-0.3, -0.25) is 4.79 Å². The van der Waals surface area contributed by atoms with Crippen LogP contribution in [-0.4, -0.2) is 15.7 Å². The quantitative estimate of drug-likeness (QED) is 0.908. The van der Waals surface area contributed by atoms with Crippen LogP contribution < -0.4 is 5.32 Å². The van der Waals surface area contributed by atoms with Crippen molar-refractivity contribution in [1.82, 2.24) is 9.78 Å². The molecule has 5 heteroatoms. The Kier molecular flexibility index (Phi) is 4.75. The average Bonchev–Trinajstić information content (AvgIpc) is 3.01. The van der Waals surface area contributed by atoms with Crippen molar-refractivity contribution in [1.29, 1.82) is 0 Å².